The molecule has 1 N–H and O–H groups in total. The number of hydrogen-bond acceptors (Lipinski definition) is 8. The molecule has 4 aromatic carbocycles. The topological polar surface area (TPSA) is 138 Å². The van der Waals surface area contributed by atoms with Gasteiger partial charge < -0.3 is 14.8 Å². The summed E-state index contributed by atoms with van der Waals surface area (Å²) in [5, 5.41) is 20.1. The van der Waals surface area contributed by atoms with Gasteiger partial charge in [-0.1, -0.05) is 53.5 Å². The van der Waals surface area contributed by atoms with Gasteiger partial charge in [0.2, 0.25) is 5.75 Å². The van der Waals surface area contributed by atoms with Crippen molar-refractivity contribution in [3.05, 3.63) is 119 Å². The minimum Gasteiger partial charge on any atom is -0.496 e. The first-order valence-electron chi connectivity index (χ1n) is 14.4. The number of nitrogens with zero attached hydrogens (tertiary/aromatic N) is 4. The van der Waals surface area contributed by atoms with Crippen LogP contribution < -0.4 is 20.3 Å². The Morgan fingerprint density at radius 3 is 2.55 bits per heavy atom. The molecule has 0 unspecified atom stereocenters. The number of nitro groups is 1. The minimum atomic E-state index is -0.627. The summed E-state index contributed by atoms with van der Waals surface area (Å²) >= 11 is 9.23. The van der Waals surface area contributed by atoms with E-state index in [1.54, 1.807) is 55.6 Å². The van der Waals surface area contributed by atoms with Crippen molar-refractivity contribution >= 4 is 61.9 Å². The van der Waals surface area contributed by atoms with Crippen molar-refractivity contribution in [2.45, 2.75) is 26.7 Å². The Hall–Kier alpha value is -5.07. The van der Waals surface area contributed by atoms with Gasteiger partial charge in [-0.25, -0.2) is 4.98 Å². The van der Waals surface area contributed by atoms with Gasteiger partial charge >= 0.3 is 5.69 Å². The molecule has 0 bridgehead atoms. The van der Waals surface area contributed by atoms with Crippen molar-refractivity contribution < 1.29 is 19.2 Å². The van der Waals surface area contributed by atoms with Crippen LogP contribution in [0.15, 0.2) is 87.2 Å². The number of nitro benzene ring substituents is 1. The molecule has 1 heterocycles. The van der Waals surface area contributed by atoms with Crippen LogP contribution >= 0.6 is 27.5 Å². The van der Waals surface area contributed by atoms with E-state index >= 15 is 0 Å². The first kappa shape index (κ1) is 33.3. The summed E-state index contributed by atoms with van der Waals surface area (Å²) < 4.78 is 12.9. The number of carbonyl (C=O) groups is 1. The zero-order chi connectivity index (χ0) is 33.8. The molecule has 5 rings (SSSR count). The highest BCUT2D eigenvalue weighted by molar-refractivity contribution is 9.10. The molecule has 1 aromatic heterocycles. The van der Waals surface area contributed by atoms with Gasteiger partial charge in [0.1, 0.15) is 5.75 Å². The molecule has 240 valence electrons. The Balaban J connectivity index is 1.61. The molecule has 0 aliphatic carbocycles. The lowest BCUT2D eigenvalue weighted by atomic mass is 9.96. The Morgan fingerprint density at radius 1 is 1.15 bits per heavy atom. The molecule has 0 saturated heterocycles. The van der Waals surface area contributed by atoms with Crippen LogP contribution in [0.2, 0.25) is 5.02 Å². The number of amides is 1. The standard InChI is InChI=1S/C34H29BrClN5O6/c1-19(2)26-16-27(20(3)13-30(26)46-4)33-39-28-8-6-5-7-25(28)34(43)40(33)37-17-21-14-22(35)15-29(41(44)45)32(21)47-18-31(42)38-24-11-9-23(36)10-12-24/h5-17,19H,18H2,1-4H3,(H,38,42). The Kier molecular flexibility index (Phi) is 10.0. The number of para-hydroxylation sites is 1. The molecular formula is C34H29BrClN5O6. The number of aryl methyl sites for hydroxylation is 1. The number of nitrogens with one attached hydrogen (secondary N) is 1. The van der Waals surface area contributed by atoms with Gasteiger partial charge in [0.05, 0.1) is 29.2 Å². The third-order valence-electron chi connectivity index (χ3n) is 7.24. The SMILES string of the molecule is COc1cc(C)c(-c2nc3ccccc3c(=O)n2N=Cc2cc(Br)cc([N+](=O)[O-])c2OCC(=O)Nc2ccc(Cl)cc2)cc1C(C)C. The van der Waals surface area contributed by atoms with Crippen LogP contribution in [0.25, 0.3) is 22.3 Å². The summed E-state index contributed by atoms with van der Waals surface area (Å²) in [6.45, 7) is 5.41. The molecule has 0 saturated carbocycles. The second-order valence-electron chi connectivity index (χ2n) is 10.8. The second kappa shape index (κ2) is 14.1. The number of carbonyl (C=O) groups excluding carboxylic acids is 1. The van der Waals surface area contributed by atoms with Crippen molar-refractivity contribution in [2.75, 3.05) is 19.0 Å². The predicted molar refractivity (Wildman–Crippen MR) is 186 cm³/mol. The molecule has 13 heteroatoms. The molecule has 0 aliphatic heterocycles. The summed E-state index contributed by atoms with van der Waals surface area (Å²) in [7, 11) is 1.60. The zero-order valence-electron chi connectivity index (χ0n) is 25.8. The number of methoxy groups -OCH3 is 1. The number of rotatable bonds is 10. The molecule has 0 aliphatic rings. The fraction of sp³-hybridized carbons (Fsp3) is 0.176. The normalized spacial score (nSPS) is 11.3. The van der Waals surface area contributed by atoms with E-state index in [4.69, 9.17) is 26.1 Å². The van der Waals surface area contributed by atoms with Crippen LogP contribution in [-0.2, 0) is 4.79 Å². The van der Waals surface area contributed by atoms with Crippen molar-refractivity contribution in [3.63, 3.8) is 0 Å². The Bertz CT molecular complexity index is 2100. The molecule has 1 amide bonds. The average Bonchev–Trinajstić information content (AvgIpc) is 3.04. The monoisotopic (exact) mass is 717 g/mol. The summed E-state index contributed by atoms with van der Waals surface area (Å²) in [6.07, 6.45) is 1.27. The number of fused-ring (bicyclic) bond motifs is 1. The number of ether oxygens (including phenoxy) is 2. The van der Waals surface area contributed by atoms with Crippen LogP contribution in [0.5, 0.6) is 11.5 Å². The van der Waals surface area contributed by atoms with E-state index in [0.717, 1.165) is 15.8 Å². The molecule has 0 radical (unpaired) electrons. The van der Waals surface area contributed by atoms with E-state index in [0.29, 0.717) is 37.4 Å². The van der Waals surface area contributed by atoms with E-state index in [1.807, 2.05) is 32.9 Å². The van der Waals surface area contributed by atoms with Crippen molar-refractivity contribution in [1.29, 1.82) is 0 Å². The van der Waals surface area contributed by atoms with Crippen LogP contribution in [0.1, 0.15) is 36.5 Å². The highest BCUT2D eigenvalue weighted by Crippen LogP contribution is 2.36. The first-order chi connectivity index (χ1) is 22.5. The maximum atomic E-state index is 13.9. The van der Waals surface area contributed by atoms with Gasteiger partial charge in [0, 0.05) is 32.4 Å². The smallest absolute Gasteiger partial charge is 0.312 e. The van der Waals surface area contributed by atoms with E-state index < -0.39 is 28.7 Å². The van der Waals surface area contributed by atoms with Crippen molar-refractivity contribution in [1.82, 2.24) is 9.66 Å². The molecule has 5 aromatic rings. The van der Waals surface area contributed by atoms with Gasteiger partial charge in [-0.3, -0.25) is 19.7 Å². The maximum Gasteiger partial charge on any atom is 0.312 e. The molecule has 0 spiro atoms. The lowest BCUT2D eigenvalue weighted by Crippen LogP contribution is -2.21. The van der Waals surface area contributed by atoms with Crippen LogP contribution in [-0.4, -0.2) is 40.4 Å². The van der Waals surface area contributed by atoms with Gasteiger partial charge in [-0.05, 0) is 78.6 Å². The van der Waals surface area contributed by atoms with Gasteiger partial charge in [-0.2, -0.15) is 9.78 Å². The number of benzene rings is 4. The molecular weight excluding hydrogens is 690 g/mol. The van der Waals surface area contributed by atoms with Crippen molar-refractivity contribution in [3.8, 4) is 22.9 Å². The van der Waals surface area contributed by atoms with Crippen LogP contribution in [0.3, 0.4) is 0 Å². The van der Waals surface area contributed by atoms with E-state index in [2.05, 4.69) is 26.3 Å². The number of halogens is 2. The molecule has 0 fully saturated rings. The lowest BCUT2D eigenvalue weighted by Gasteiger charge is -2.17. The van der Waals surface area contributed by atoms with Crippen molar-refractivity contribution in [2.24, 2.45) is 5.10 Å². The van der Waals surface area contributed by atoms with Gasteiger partial charge in [0.15, 0.2) is 12.4 Å². The van der Waals surface area contributed by atoms with Crippen LogP contribution in [0.4, 0.5) is 11.4 Å². The maximum absolute atomic E-state index is 13.9. The summed E-state index contributed by atoms with van der Waals surface area (Å²) in [5.41, 5.74) is 2.62. The minimum absolute atomic E-state index is 0.104. The largest absolute Gasteiger partial charge is 0.496 e. The fourth-order valence-corrected chi connectivity index (χ4v) is 5.54. The zero-order valence-corrected chi connectivity index (χ0v) is 28.1. The molecule has 0 atom stereocenters. The predicted octanol–water partition coefficient (Wildman–Crippen LogP) is 7.73. The van der Waals surface area contributed by atoms with Gasteiger partial charge in [0.25, 0.3) is 11.5 Å². The molecule has 47 heavy (non-hydrogen) atoms. The Labute approximate surface area is 283 Å². The number of aromatic nitrogens is 2. The first-order valence-corrected chi connectivity index (χ1v) is 15.5. The highest BCUT2D eigenvalue weighted by Gasteiger charge is 2.23. The summed E-state index contributed by atoms with van der Waals surface area (Å²) in [5.74, 6) is 0.316. The number of hydrogen-bond donors (Lipinski definition) is 1. The van der Waals surface area contributed by atoms with Gasteiger partial charge in [-0.15, -0.1) is 0 Å². The third-order valence-corrected chi connectivity index (χ3v) is 7.95. The lowest BCUT2D eigenvalue weighted by molar-refractivity contribution is -0.385. The summed E-state index contributed by atoms with van der Waals surface area (Å²) in [6, 6.07) is 20.0. The number of anilines is 1. The fourth-order valence-electron chi connectivity index (χ4n) is 4.95. The Morgan fingerprint density at radius 2 is 1.87 bits per heavy atom. The van der Waals surface area contributed by atoms with E-state index in [-0.39, 0.29) is 23.1 Å². The average molecular weight is 719 g/mol. The van der Waals surface area contributed by atoms with Crippen LogP contribution in [0, 0.1) is 17.0 Å². The summed E-state index contributed by atoms with van der Waals surface area (Å²) in [4.78, 5) is 42.9. The quantitative estimate of drug-likeness (QED) is 0.0886. The van der Waals surface area contributed by atoms with E-state index in [9.17, 15) is 19.7 Å². The van der Waals surface area contributed by atoms with E-state index in [1.165, 1.54) is 18.3 Å². The highest BCUT2D eigenvalue weighted by atomic mass is 79.9. The second-order valence-corrected chi connectivity index (χ2v) is 12.2. The molecule has 11 nitrogen and oxygen atoms in total. The third kappa shape index (κ3) is 7.34.